The van der Waals surface area contributed by atoms with Crippen LogP contribution in [-0.2, 0) is 19.6 Å². The van der Waals surface area contributed by atoms with Gasteiger partial charge in [-0.15, -0.1) is 0 Å². The van der Waals surface area contributed by atoms with E-state index in [0.29, 0.717) is 35.8 Å². The number of carbonyl (C=O) groups is 2. The van der Waals surface area contributed by atoms with E-state index in [0.717, 1.165) is 32.4 Å². The molecule has 2 N–H and O–H groups in total. The largest absolute Gasteiger partial charge is 0.495 e. The Hall–Kier alpha value is -3.27. The number of anilines is 3. The van der Waals surface area contributed by atoms with E-state index in [-0.39, 0.29) is 23.3 Å². The van der Waals surface area contributed by atoms with Gasteiger partial charge in [0.1, 0.15) is 10.6 Å². The number of nitrogens with one attached hydrogen (secondary N) is 2. The van der Waals surface area contributed by atoms with Crippen LogP contribution in [0.15, 0.2) is 47.4 Å². The molecule has 2 amide bonds. The number of amides is 2. The van der Waals surface area contributed by atoms with E-state index in [1.54, 1.807) is 36.4 Å². The quantitative estimate of drug-likeness (QED) is 0.612. The van der Waals surface area contributed by atoms with Gasteiger partial charge in [0, 0.05) is 31.7 Å². The van der Waals surface area contributed by atoms with Crippen molar-refractivity contribution in [2.24, 2.45) is 0 Å². The predicted molar refractivity (Wildman–Crippen MR) is 126 cm³/mol. The van der Waals surface area contributed by atoms with Gasteiger partial charge in [-0.25, -0.2) is 8.42 Å². The summed E-state index contributed by atoms with van der Waals surface area (Å²) in [4.78, 5) is 27.9. The van der Waals surface area contributed by atoms with Crippen LogP contribution in [0, 0.1) is 0 Å². The first-order chi connectivity index (χ1) is 15.9. The summed E-state index contributed by atoms with van der Waals surface area (Å²) in [7, 11) is -2.51. The fraction of sp³-hybridized carbons (Fsp3) is 0.391. The van der Waals surface area contributed by atoms with Crippen LogP contribution in [0.2, 0.25) is 0 Å². The van der Waals surface area contributed by atoms with Gasteiger partial charge in [0.2, 0.25) is 11.8 Å². The van der Waals surface area contributed by atoms with Gasteiger partial charge in [0.05, 0.1) is 25.0 Å². The minimum Gasteiger partial charge on any atom is -0.495 e. The van der Waals surface area contributed by atoms with Gasteiger partial charge in [-0.3, -0.25) is 14.3 Å². The lowest BCUT2D eigenvalue weighted by atomic mass is 10.2. The summed E-state index contributed by atoms with van der Waals surface area (Å²) in [5.74, 6) is 0.00236. The molecule has 10 heteroatoms. The van der Waals surface area contributed by atoms with Crippen molar-refractivity contribution in [2.75, 3.05) is 48.2 Å². The number of hydrogen-bond acceptors (Lipinski definition) is 6. The molecule has 2 aliphatic rings. The topological polar surface area (TPSA) is 108 Å². The lowest BCUT2D eigenvalue weighted by Crippen LogP contribution is -2.34. The second-order valence-electron chi connectivity index (χ2n) is 8.15. The number of rotatable bonds is 8. The van der Waals surface area contributed by atoms with Crippen LogP contribution < -0.4 is 19.7 Å². The molecule has 0 radical (unpaired) electrons. The molecule has 33 heavy (non-hydrogen) atoms. The molecule has 9 nitrogen and oxygen atoms in total. The average molecular weight is 473 g/mol. The van der Waals surface area contributed by atoms with E-state index in [4.69, 9.17) is 4.74 Å². The number of likely N-dealkylation sites (tertiary alicyclic amines) is 1. The van der Waals surface area contributed by atoms with Gasteiger partial charge >= 0.3 is 0 Å². The molecule has 0 aliphatic carbocycles. The SMILES string of the molecule is COc1ccccc1NS(=O)(=O)c1cc(NC(=O)CN2CCCC2=O)ccc1N1CCCC1. The van der Waals surface area contributed by atoms with Gasteiger partial charge in [-0.05, 0) is 49.6 Å². The van der Waals surface area contributed by atoms with Crippen molar-refractivity contribution in [3.63, 3.8) is 0 Å². The summed E-state index contributed by atoms with van der Waals surface area (Å²) in [5, 5.41) is 2.74. The van der Waals surface area contributed by atoms with Crippen LogP contribution in [0.4, 0.5) is 17.1 Å². The predicted octanol–water partition coefficient (Wildman–Crippen LogP) is 2.66. The maximum absolute atomic E-state index is 13.4. The molecule has 2 aromatic carbocycles. The first-order valence-electron chi connectivity index (χ1n) is 11.0. The standard InChI is InChI=1S/C23H28N4O5S/c1-32-20-8-3-2-7-18(20)25-33(30,31)21-15-17(10-11-19(21)26-12-4-5-13-26)24-22(28)16-27-14-6-9-23(27)29/h2-3,7-8,10-11,15,25H,4-6,9,12-14,16H2,1H3,(H,24,28). The van der Waals surface area contributed by atoms with Gasteiger partial charge < -0.3 is 19.9 Å². The molecule has 0 bridgehead atoms. The van der Waals surface area contributed by atoms with Crippen LogP contribution >= 0.6 is 0 Å². The molecule has 0 spiro atoms. The maximum atomic E-state index is 13.4. The second kappa shape index (κ2) is 9.70. The monoisotopic (exact) mass is 472 g/mol. The number of nitrogens with zero attached hydrogens (tertiary/aromatic N) is 2. The fourth-order valence-electron chi connectivity index (χ4n) is 4.20. The average Bonchev–Trinajstić information content (AvgIpc) is 3.46. The molecule has 4 rings (SSSR count). The summed E-state index contributed by atoms with van der Waals surface area (Å²) in [6, 6.07) is 11.7. The molecule has 176 valence electrons. The Morgan fingerprint density at radius 2 is 1.82 bits per heavy atom. The van der Waals surface area contributed by atoms with Crippen molar-refractivity contribution in [3.05, 3.63) is 42.5 Å². The number of carbonyl (C=O) groups excluding carboxylic acids is 2. The fourth-order valence-corrected chi connectivity index (χ4v) is 5.52. The Kier molecular flexibility index (Phi) is 6.73. The van der Waals surface area contributed by atoms with Crippen LogP contribution in [0.3, 0.4) is 0 Å². The highest BCUT2D eigenvalue weighted by Crippen LogP contribution is 2.34. The molecular weight excluding hydrogens is 444 g/mol. The number of ether oxygens (including phenoxy) is 1. The number of methoxy groups -OCH3 is 1. The smallest absolute Gasteiger partial charge is 0.264 e. The van der Waals surface area contributed by atoms with E-state index < -0.39 is 10.0 Å². The molecule has 2 aliphatic heterocycles. The van der Waals surface area contributed by atoms with Crippen molar-refractivity contribution in [3.8, 4) is 5.75 Å². The van der Waals surface area contributed by atoms with Crippen molar-refractivity contribution in [1.29, 1.82) is 0 Å². The van der Waals surface area contributed by atoms with Crippen molar-refractivity contribution >= 4 is 38.9 Å². The minimum absolute atomic E-state index is 0.0428. The van der Waals surface area contributed by atoms with Crippen LogP contribution in [0.5, 0.6) is 5.75 Å². The molecule has 2 saturated heterocycles. The summed E-state index contributed by atoms with van der Waals surface area (Å²) in [6.45, 7) is 2.04. The molecule has 2 fully saturated rings. The van der Waals surface area contributed by atoms with Crippen LogP contribution in [-0.4, -0.2) is 58.4 Å². The van der Waals surface area contributed by atoms with Crippen molar-refractivity contribution in [1.82, 2.24) is 4.90 Å². The first kappa shape index (κ1) is 22.9. The van der Waals surface area contributed by atoms with Gasteiger partial charge in [-0.2, -0.15) is 0 Å². The summed E-state index contributed by atoms with van der Waals surface area (Å²) >= 11 is 0. The van der Waals surface area contributed by atoms with E-state index in [1.165, 1.54) is 18.1 Å². The maximum Gasteiger partial charge on any atom is 0.264 e. The molecular formula is C23H28N4O5S. The van der Waals surface area contributed by atoms with Gasteiger partial charge in [-0.1, -0.05) is 12.1 Å². The Morgan fingerprint density at radius 1 is 1.06 bits per heavy atom. The Morgan fingerprint density at radius 3 is 2.52 bits per heavy atom. The third kappa shape index (κ3) is 5.22. The summed E-state index contributed by atoms with van der Waals surface area (Å²) < 4.78 is 34.8. The van der Waals surface area contributed by atoms with Crippen LogP contribution in [0.1, 0.15) is 25.7 Å². The molecule has 2 aromatic rings. The van der Waals surface area contributed by atoms with E-state index >= 15 is 0 Å². The lowest BCUT2D eigenvalue weighted by Gasteiger charge is -2.23. The zero-order valence-electron chi connectivity index (χ0n) is 18.5. The van der Waals surface area contributed by atoms with Crippen molar-refractivity contribution < 1.29 is 22.7 Å². The molecule has 0 aromatic heterocycles. The third-order valence-electron chi connectivity index (χ3n) is 5.84. The molecule has 0 saturated carbocycles. The highest BCUT2D eigenvalue weighted by atomic mass is 32.2. The Balaban J connectivity index is 1.62. The van der Waals surface area contributed by atoms with Gasteiger partial charge in [0.15, 0.2) is 0 Å². The number of benzene rings is 2. The molecule has 0 atom stereocenters. The zero-order valence-corrected chi connectivity index (χ0v) is 19.4. The number of para-hydroxylation sites is 2. The molecule has 2 heterocycles. The lowest BCUT2D eigenvalue weighted by molar-refractivity contribution is -0.131. The van der Waals surface area contributed by atoms with E-state index in [9.17, 15) is 18.0 Å². The Labute approximate surface area is 193 Å². The molecule has 0 unspecified atom stereocenters. The summed E-state index contributed by atoms with van der Waals surface area (Å²) in [6.07, 6.45) is 3.17. The summed E-state index contributed by atoms with van der Waals surface area (Å²) in [5.41, 5.74) is 1.27. The van der Waals surface area contributed by atoms with Crippen molar-refractivity contribution in [2.45, 2.75) is 30.6 Å². The third-order valence-corrected chi connectivity index (χ3v) is 7.23. The second-order valence-corrected chi connectivity index (χ2v) is 9.80. The van der Waals surface area contributed by atoms with Gasteiger partial charge in [0.25, 0.3) is 10.0 Å². The number of hydrogen-bond donors (Lipinski definition) is 2. The highest BCUT2D eigenvalue weighted by molar-refractivity contribution is 7.93. The van der Waals surface area contributed by atoms with E-state index in [1.807, 2.05) is 4.90 Å². The minimum atomic E-state index is -3.99. The highest BCUT2D eigenvalue weighted by Gasteiger charge is 2.26. The van der Waals surface area contributed by atoms with E-state index in [2.05, 4.69) is 10.0 Å². The zero-order chi connectivity index (χ0) is 23.4. The first-order valence-corrected chi connectivity index (χ1v) is 12.5. The Bertz CT molecular complexity index is 1150. The normalized spacial score (nSPS) is 16.2. The van der Waals surface area contributed by atoms with Crippen LogP contribution in [0.25, 0.3) is 0 Å². The number of sulfonamides is 1.